The first-order chi connectivity index (χ1) is 7.74. The SMILES string of the molecule is COC1(CNc2cc(N)ccn2)CCOC1. The molecule has 0 amide bonds. The number of nitrogens with two attached hydrogens (primary N) is 1. The van der Waals surface area contributed by atoms with Gasteiger partial charge in [-0.1, -0.05) is 0 Å². The third kappa shape index (κ3) is 2.43. The zero-order valence-electron chi connectivity index (χ0n) is 9.40. The van der Waals surface area contributed by atoms with Crippen LogP contribution in [-0.2, 0) is 9.47 Å². The molecule has 0 aliphatic carbocycles. The van der Waals surface area contributed by atoms with E-state index in [0.717, 1.165) is 18.8 Å². The van der Waals surface area contributed by atoms with E-state index in [1.165, 1.54) is 0 Å². The Hall–Kier alpha value is -1.33. The van der Waals surface area contributed by atoms with Gasteiger partial charge in [0.15, 0.2) is 0 Å². The van der Waals surface area contributed by atoms with Crippen molar-refractivity contribution < 1.29 is 9.47 Å². The minimum Gasteiger partial charge on any atom is -0.399 e. The van der Waals surface area contributed by atoms with Gasteiger partial charge in [-0.25, -0.2) is 4.98 Å². The molecule has 1 unspecified atom stereocenters. The Morgan fingerprint density at radius 2 is 2.56 bits per heavy atom. The van der Waals surface area contributed by atoms with Gasteiger partial charge in [0.1, 0.15) is 11.4 Å². The fourth-order valence-corrected chi connectivity index (χ4v) is 1.76. The van der Waals surface area contributed by atoms with Crippen molar-refractivity contribution in [2.75, 3.05) is 37.9 Å². The summed E-state index contributed by atoms with van der Waals surface area (Å²) in [5.74, 6) is 0.767. The topological polar surface area (TPSA) is 69.4 Å². The third-order valence-electron chi connectivity index (χ3n) is 2.88. The van der Waals surface area contributed by atoms with Crippen LogP contribution in [0.1, 0.15) is 6.42 Å². The molecule has 1 saturated heterocycles. The molecule has 88 valence electrons. The van der Waals surface area contributed by atoms with Crippen molar-refractivity contribution in [3.8, 4) is 0 Å². The molecule has 16 heavy (non-hydrogen) atoms. The summed E-state index contributed by atoms with van der Waals surface area (Å²) in [6.45, 7) is 2.05. The molecule has 2 heterocycles. The Morgan fingerprint density at radius 1 is 1.69 bits per heavy atom. The molecular weight excluding hydrogens is 206 g/mol. The summed E-state index contributed by atoms with van der Waals surface area (Å²) in [4.78, 5) is 4.18. The summed E-state index contributed by atoms with van der Waals surface area (Å²) < 4.78 is 10.9. The number of anilines is 2. The number of hydrogen-bond donors (Lipinski definition) is 2. The standard InChI is InChI=1S/C11H17N3O2/c1-15-11(3-5-16-8-11)7-14-10-6-9(12)2-4-13-10/h2,4,6H,3,5,7-8H2,1H3,(H3,12,13,14). The van der Waals surface area contributed by atoms with Crippen molar-refractivity contribution in [1.29, 1.82) is 0 Å². The molecule has 3 N–H and O–H groups in total. The molecule has 5 nitrogen and oxygen atoms in total. The Morgan fingerprint density at radius 3 is 3.19 bits per heavy atom. The molecule has 5 heteroatoms. The van der Waals surface area contributed by atoms with Gasteiger partial charge in [-0.2, -0.15) is 0 Å². The van der Waals surface area contributed by atoms with Crippen LogP contribution >= 0.6 is 0 Å². The molecule has 2 rings (SSSR count). The van der Waals surface area contributed by atoms with Gasteiger partial charge in [-0.3, -0.25) is 0 Å². The first kappa shape index (κ1) is 11.2. The number of nitrogens with one attached hydrogen (secondary N) is 1. The van der Waals surface area contributed by atoms with Crippen molar-refractivity contribution >= 4 is 11.5 Å². The quantitative estimate of drug-likeness (QED) is 0.793. The van der Waals surface area contributed by atoms with Gasteiger partial charge in [0.05, 0.1) is 6.61 Å². The van der Waals surface area contributed by atoms with E-state index in [0.29, 0.717) is 18.8 Å². The monoisotopic (exact) mass is 223 g/mol. The number of hydrogen-bond acceptors (Lipinski definition) is 5. The normalized spacial score (nSPS) is 24.6. The van der Waals surface area contributed by atoms with Crippen molar-refractivity contribution in [3.63, 3.8) is 0 Å². The predicted octanol–water partition coefficient (Wildman–Crippen LogP) is 0.881. The average Bonchev–Trinajstić information content (AvgIpc) is 2.76. The largest absolute Gasteiger partial charge is 0.399 e. The smallest absolute Gasteiger partial charge is 0.128 e. The van der Waals surface area contributed by atoms with Crippen LogP contribution in [0.15, 0.2) is 18.3 Å². The van der Waals surface area contributed by atoms with Gasteiger partial charge >= 0.3 is 0 Å². The lowest BCUT2D eigenvalue weighted by molar-refractivity contribution is -0.00625. The van der Waals surface area contributed by atoms with E-state index < -0.39 is 0 Å². The second-order valence-corrected chi connectivity index (χ2v) is 4.02. The molecule has 0 aromatic carbocycles. The van der Waals surface area contributed by atoms with Crippen LogP contribution in [0.4, 0.5) is 11.5 Å². The van der Waals surface area contributed by atoms with E-state index in [-0.39, 0.29) is 5.60 Å². The van der Waals surface area contributed by atoms with Gasteiger partial charge in [0.2, 0.25) is 0 Å². The molecule has 0 spiro atoms. The summed E-state index contributed by atoms with van der Waals surface area (Å²) in [6.07, 6.45) is 2.58. The van der Waals surface area contributed by atoms with Crippen molar-refractivity contribution in [3.05, 3.63) is 18.3 Å². The summed E-state index contributed by atoms with van der Waals surface area (Å²) in [6, 6.07) is 3.56. The number of ether oxygens (including phenoxy) is 2. The number of pyridine rings is 1. The molecule has 0 bridgehead atoms. The van der Waals surface area contributed by atoms with Crippen LogP contribution in [-0.4, -0.2) is 37.5 Å². The lowest BCUT2D eigenvalue weighted by atomic mass is 10.0. The van der Waals surface area contributed by atoms with Gasteiger partial charge < -0.3 is 20.5 Å². The minimum absolute atomic E-state index is 0.230. The minimum atomic E-state index is -0.230. The van der Waals surface area contributed by atoms with E-state index in [1.807, 2.05) is 0 Å². The molecular formula is C11H17N3O2. The first-order valence-corrected chi connectivity index (χ1v) is 5.32. The molecule has 0 radical (unpaired) electrons. The molecule has 1 fully saturated rings. The van der Waals surface area contributed by atoms with Crippen LogP contribution in [0.5, 0.6) is 0 Å². The number of aromatic nitrogens is 1. The van der Waals surface area contributed by atoms with Crippen molar-refractivity contribution in [2.24, 2.45) is 0 Å². The molecule has 1 aromatic heterocycles. The van der Waals surface area contributed by atoms with Gasteiger partial charge in [0.25, 0.3) is 0 Å². The summed E-state index contributed by atoms with van der Waals surface area (Å²) in [7, 11) is 1.71. The van der Waals surface area contributed by atoms with E-state index in [2.05, 4.69) is 10.3 Å². The van der Waals surface area contributed by atoms with E-state index >= 15 is 0 Å². The summed E-state index contributed by atoms with van der Waals surface area (Å²) in [5.41, 5.74) is 6.14. The molecule has 1 aromatic rings. The third-order valence-corrected chi connectivity index (χ3v) is 2.88. The Labute approximate surface area is 95.0 Å². The second kappa shape index (κ2) is 4.67. The number of nitrogen functional groups attached to an aromatic ring is 1. The average molecular weight is 223 g/mol. The van der Waals surface area contributed by atoms with E-state index in [1.54, 1.807) is 25.4 Å². The zero-order valence-corrected chi connectivity index (χ0v) is 9.40. The number of methoxy groups -OCH3 is 1. The van der Waals surface area contributed by atoms with E-state index in [4.69, 9.17) is 15.2 Å². The molecule has 0 saturated carbocycles. The predicted molar refractivity (Wildman–Crippen MR) is 62.3 cm³/mol. The first-order valence-electron chi connectivity index (χ1n) is 5.32. The Kier molecular flexibility index (Phi) is 3.26. The van der Waals surface area contributed by atoms with Gasteiger partial charge in [0, 0.05) is 44.6 Å². The Balaban J connectivity index is 1.95. The lowest BCUT2D eigenvalue weighted by Gasteiger charge is -2.26. The molecule has 1 aliphatic rings. The maximum atomic E-state index is 5.67. The van der Waals surface area contributed by atoms with E-state index in [9.17, 15) is 0 Å². The fraction of sp³-hybridized carbons (Fsp3) is 0.545. The van der Waals surface area contributed by atoms with Crippen LogP contribution < -0.4 is 11.1 Å². The Bertz CT molecular complexity index is 351. The van der Waals surface area contributed by atoms with Crippen LogP contribution in [0, 0.1) is 0 Å². The molecule has 1 aliphatic heterocycles. The van der Waals surface area contributed by atoms with Gasteiger partial charge in [-0.15, -0.1) is 0 Å². The maximum Gasteiger partial charge on any atom is 0.128 e. The highest BCUT2D eigenvalue weighted by atomic mass is 16.5. The molecule has 1 atom stereocenters. The number of nitrogens with zero attached hydrogens (tertiary/aromatic N) is 1. The second-order valence-electron chi connectivity index (χ2n) is 4.02. The number of rotatable bonds is 4. The van der Waals surface area contributed by atoms with Crippen LogP contribution in [0.3, 0.4) is 0 Å². The highest BCUT2D eigenvalue weighted by Gasteiger charge is 2.34. The zero-order chi connectivity index (χ0) is 11.4. The summed E-state index contributed by atoms with van der Waals surface area (Å²) in [5, 5.41) is 3.22. The highest BCUT2D eigenvalue weighted by molar-refractivity contribution is 5.48. The van der Waals surface area contributed by atoms with Crippen LogP contribution in [0.2, 0.25) is 0 Å². The van der Waals surface area contributed by atoms with Crippen LogP contribution in [0.25, 0.3) is 0 Å². The fourth-order valence-electron chi connectivity index (χ4n) is 1.76. The van der Waals surface area contributed by atoms with Crippen molar-refractivity contribution in [1.82, 2.24) is 4.98 Å². The van der Waals surface area contributed by atoms with Crippen molar-refractivity contribution in [2.45, 2.75) is 12.0 Å². The lowest BCUT2D eigenvalue weighted by Crippen LogP contribution is -2.39. The summed E-state index contributed by atoms with van der Waals surface area (Å²) >= 11 is 0. The highest BCUT2D eigenvalue weighted by Crippen LogP contribution is 2.23. The van der Waals surface area contributed by atoms with Gasteiger partial charge in [-0.05, 0) is 6.07 Å². The maximum absolute atomic E-state index is 5.67.